The van der Waals surface area contributed by atoms with Gasteiger partial charge < -0.3 is 19.1 Å². The maximum Gasteiger partial charge on any atom is 0.305 e. The second-order valence-corrected chi connectivity index (χ2v) is 9.21. The SMILES string of the molecule is CCOC(=O)CCCN1CN(c2ccc3c(c2)nc(-c2cccc(F)c2)n3C)C(C)SC1=O. The van der Waals surface area contributed by atoms with Crippen LogP contribution in [0, 0.1) is 5.82 Å². The van der Waals surface area contributed by atoms with Gasteiger partial charge in [0.05, 0.1) is 29.7 Å². The number of thioether (sulfide) groups is 1. The summed E-state index contributed by atoms with van der Waals surface area (Å²) in [7, 11) is 1.92. The van der Waals surface area contributed by atoms with Crippen LogP contribution in [0.3, 0.4) is 0 Å². The molecule has 1 aliphatic heterocycles. The lowest BCUT2D eigenvalue weighted by molar-refractivity contribution is -0.143. The Hall–Kier alpha value is -3.07. The molecule has 1 atom stereocenters. The largest absolute Gasteiger partial charge is 0.466 e. The molecule has 2 heterocycles. The van der Waals surface area contributed by atoms with Crippen molar-refractivity contribution >= 4 is 39.7 Å². The molecule has 4 rings (SSSR count). The predicted molar refractivity (Wildman–Crippen MR) is 128 cm³/mol. The van der Waals surface area contributed by atoms with Crippen LogP contribution in [0.2, 0.25) is 0 Å². The van der Waals surface area contributed by atoms with Crippen molar-refractivity contribution < 1.29 is 18.7 Å². The Morgan fingerprint density at radius 2 is 2.09 bits per heavy atom. The highest BCUT2D eigenvalue weighted by atomic mass is 32.2. The normalized spacial score (nSPS) is 16.5. The molecule has 3 aromatic rings. The number of ether oxygens (including phenoxy) is 1. The van der Waals surface area contributed by atoms with Crippen molar-refractivity contribution in [1.29, 1.82) is 0 Å². The number of nitrogens with zero attached hydrogens (tertiary/aromatic N) is 4. The lowest BCUT2D eigenvalue weighted by atomic mass is 10.2. The Balaban J connectivity index is 1.54. The molecular weight excluding hydrogens is 443 g/mol. The smallest absolute Gasteiger partial charge is 0.305 e. The highest BCUT2D eigenvalue weighted by Gasteiger charge is 2.30. The van der Waals surface area contributed by atoms with Gasteiger partial charge in [0.1, 0.15) is 11.6 Å². The summed E-state index contributed by atoms with van der Waals surface area (Å²) in [4.78, 5) is 32.8. The van der Waals surface area contributed by atoms with Gasteiger partial charge in [0, 0.05) is 31.3 Å². The second kappa shape index (κ2) is 9.82. The van der Waals surface area contributed by atoms with E-state index < -0.39 is 0 Å². The van der Waals surface area contributed by atoms with E-state index >= 15 is 0 Å². The van der Waals surface area contributed by atoms with E-state index in [9.17, 15) is 14.0 Å². The van der Waals surface area contributed by atoms with E-state index in [0.29, 0.717) is 38.5 Å². The van der Waals surface area contributed by atoms with E-state index in [4.69, 9.17) is 9.72 Å². The number of fused-ring (bicyclic) bond motifs is 1. The number of hydrogen-bond donors (Lipinski definition) is 0. The molecule has 2 aromatic carbocycles. The summed E-state index contributed by atoms with van der Waals surface area (Å²) in [5, 5.41) is -0.0300. The molecule has 33 heavy (non-hydrogen) atoms. The summed E-state index contributed by atoms with van der Waals surface area (Å²) >= 11 is 1.26. The molecule has 1 amide bonds. The van der Waals surface area contributed by atoms with Gasteiger partial charge in [-0.05, 0) is 62.4 Å². The number of esters is 1. The monoisotopic (exact) mass is 470 g/mol. The maximum atomic E-state index is 13.7. The molecule has 0 N–H and O–H groups in total. The average Bonchev–Trinajstić information content (AvgIpc) is 3.11. The van der Waals surface area contributed by atoms with Crippen molar-refractivity contribution in [1.82, 2.24) is 14.5 Å². The van der Waals surface area contributed by atoms with Gasteiger partial charge in [-0.3, -0.25) is 9.59 Å². The Morgan fingerprint density at radius 3 is 2.85 bits per heavy atom. The van der Waals surface area contributed by atoms with Crippen molar-refractivity contribution in [2.45, 2.75) is 32.1 Å². The van der Waals surface area contributed by atoms with Crippen LogP contribution in [-0.2, 0) is 16.6 Å². The van der Waals surface area contributed by atoms with E-state index in [2.05, 4.69) is 4.90 Å². The first-order valence-electron chi connectivity index (χ1n) is 11.0. The second-order valence-electron chi connectivity index (χ2n) is 7.94. The van der Waals surface area contributed by atoms with Crippen LogP contribution in [0.15, 0.2) is 42.5 Å². The zero-order valence-electron chi connectivity index (χ0n) is 19.0. The zero-order valence-corrected chi connectivity index (χ0v) is 19.8. The molecule has 1 aromatic heterocycles. The fourth-order valence-electron chi connectivity index (χ4n) is 3.99. The lowest BCUT2D eigenvalue weighted by Gasteiger charge is -2.40. The van der Waals surface area contributed by atoms with Gasteiger partial charge in [0.2, 0.25) is 0 Å². The minimum absolute atomic E-state index is 0.00918. The summed E-state index contributed by atoms with van der Waals surface area (Å²) in [6.07, 6.45) is 0.851. The zero-order chi connectivity index (χ0) is 23.5. The number of anilines is 1. The van der Waals surface area contributed by atoms with Crippen molar-refractivity contribution in [2.75, 3.05) is 24.7 Å². The van der Waals surface area contributed by atoms with Crippen LogP contribution in [0.5, 0.6) is 0 Å². The molecule has 0 spiro atoms. The van der Waals surface area contributed by atoms with E-state index in [0.717, 1.165) is 22.3 Å². The quantitative estimate of drug-likeness (QED) is 0.453. The number of hydrogen-bond acceptors (Lipinski definition) is 6. The maximum absolute atomic E-state index is 13.7. The number of imidazole rings is 1. The minimum Gasteiger partial charge on any atom is -0.466 e. The Morgan fingerprint density at radius 1 is 1.27 bits per heavy atom. The standard InChI is InChI=1S/C24H27FN4O3S/c1-4-32-22(30)9-6-12-28-15-29(16(2)33-24(28)31)19-10-11-21-20(14-19)26-23(27(21)3)17-7-5-8-18(25)13-17/h5,7-8,10-11,13-14,16H,4,6,9,12,15H2,1-3H3. The van der Waals surface area contributed by atoms with Crippen LogP contribution < -0.4 is 4.90 Å². The first-order chi connectivity index (χ1) is 15.9. The van der Waals surface area contributed by atoms with Gasteiger partial charge in [0.25, 0.3) is 5.24 Å². The third-order valence-electron chi connectivity index (χ3n) is 5.68. The van der Waals surface area contributed by atoms with Gasteiger partial charge >= 0.3 is 5.97 Å². The number of aromatic nitrogens is 2. The summed E-state index contributed by atoms with van der Waals surface area (Å²) in [6.45, 7) is 5.06. The first kappa shape index (κ1) is 23.1. The lowest BCUT2D eigenvalue weighted by Crippen LogP contribution is -2.49. The molecule has 1 fully saturated rings. The molecule has 0 bridgehead atoms. The minimum atomic E-state index is -0.299. The van der Waals surface area contributed by atoms with Crippen molar-refractivity contribution in [3.05, 3.63) is 48.3 Å². The Kier molecular flexibility index (Phi) is 6.88. The fraction of sp³-hybridized carbons (Fsp3) is 0.375. The van der Waals surface area contributed by atoms with Crippen molar-refractivity contribution in [3.8, 4) is 11.4 Å². The van der Waals surface area contributed by atoms with Gasteiger partial charge in [-0.2, -0.15) is 0 Å². The van der Waals surface area contributed by atoms with Crippen LogP contribution >= 0.6 is 11.8 Å². The van der Waals surface area contributed by atoms with Crippen LogP contribution in [0.4, 0.5) is 14.9 Å². The third-order valence-corrected chi connectivity index (χ3v) is 6.74. The molecule has 7 nitrogen and oxygen atoms in total. The molecule has 0 saturated carbocycles. The van der Waals surface area contributed by atoms with E-state index in [1.54, 1.807) is 17.9 Å². The van der Waals surface area contributed by atoms with Gasteiger partial charge in [-0.1, -0.05) is 12.1 Å². The van der Waals surface area contributed by atoms with E-state index in [1.807, 2.05) is 42.8 Å². The average molecular weight is 471 g/mol. The molecule has 9 heteroatoms. The number of halogens is 1. The molecule has 1 unspecified atom stereocenters. The third kappa shape index (κ3) is 4.98. The molecule has 0 radical (unpaired) electrons. The number of aryl methyl sites for hydroxylation is 1. The predicted octanol–water partition coefficient (Wildman–Crippen LogP) is 5.00. The number of benzene rings is 2. The summed E-state index contributed by atoms with van der Waals surface area (Å²) in [5.41, 5.74) is 3.42. The summed E-state index contributed by atoms with van der Waals surface area (Å²) in [5.74, 6) is 0.153. The van der Waals surface area contributed by atoms with Gasteiger partial charge in [0.15, 0.2) is 0 Å². The Labute approximate surface area is 196 Å². The first-order valence-corrected chi connectivity index (χ1v) is 11.9. The summed E-state index contributed by atoms with van der Waals surface area (Å²) in [6, 6.07) is 12.4. The molecule has 1 saturated heterocycles. The van der Waals surface area contributed by atoms with Crippen molar-refractivity contribution in [3.63, 3.8) is 0 Å². The van der Waals surface area contributed by atoms with Crippen LogP contribution in [0.1, 0.15) is 26.7 Å². The van der Waals surface area contributed by atoms with Crippen LogP contribution in [-0.4, -0.2) is 50.9 Å². The highest BCUT2D eigenvalue weighted by Crippen LogP contribution is 2.33. The highest BCUT2D eigenvalue weighted by molar-refractivity contribution is 8.14. The van der Waals surface area contributed by atoms with Gasteiger partial charge in [-0.15, -0.1) is 0 Å². The molecule has 0 aliphatic carbocycles. The van der Waals surface area contributed by atoms with E-state index in [1.165, 1.54) is 23.9 Å². The van der Waals surface area contributed by atoms with Gasteiger partial charge in [-0.25, -0.2) is 9.37 Å². The topological polar surface area (TPSA) is 67.7 Å². The number of amides is 1. The summed E-state index contributed by atoms with van der Waals surface area (Å²) < 4.78 is 20.6. The van der Waals surface area contributed by atoms with E-state index in [-0.39, 0.29) is 22.4 Å². The molecule has 1 aliphatic rings. The molecular formula is C24H27FN4O3S. The number of rotatable bonds is 7. The Bertz CT molecular complexity index is 1180. The number of carbonyl (C=O) groups excluding carboxylic acids is 2. The van der Waals surface area contributed by atoms with Crippen molar-refractivity contribution in [2.24, 2.45) is 7.05 Å². The fourth-order valence-corrected chi connectivity index (χ4v) is 4.90. The molecule has 174 valence electrons. The van der Waals surface area contributed by atoms with Crippen LogP contribution in [0.25, 0.3) is 22.4 Å². The number of carbonyl (C=O) groups is 2.